The Balaban J connectivity index is 2.19. The molecule has 20 heavy (non-hydrogen) atoms. The fraction of sp³-hybridized carbons (Fsp3) is 0.357. The van der Waals surface area contributed by atoms with Gasteiger partial charge in [-0.2, -0.15) is 5.10 Å². The van der Waals surface area contributed by atoms with Gasteiger partial charge in [-0.05, 0) is 34.0 Å². The molecule has 0 aliphatic carbocycles. The third kappa shape index (κ3) is 3.30. The van der Waals surface area contributed by atoms with Crippen LogP contribution in [0.1, 0.15) is 31.0 Å². The van der Waals surface area contributed by atoms with E-state index in [4.69, 9.17) is 23.2 Å². The Bertz CT molecular complexity index is 623. The highest BCUT2D eigenvalue weighted by molar-refractivity contribution is 9.10. The average molecular weight is 377 g/mol. The van der Waals surface area contributed by atoms with Crippen LogP contribution in [0, 0.1) is 0 Å². The van der Waals surface area contributed by atoms with Gasteiger partial charge in [-0.1, -0.05) is 37.0 Å². The Morgan fingerprint density at radius 1 is 1.30 bits per heavy atom. The van der Waals surface area contributed by atoms with Gasteiger partial charge in [0.05, 0.1) is 21.4 Å². The zero-order chi connectivity index (χ0) is 14.9. The number of nitrogens with zero attached hydrogens (tertiary/aromatic N) is 2. The zero-order valence-electron chi connectivity index (χ0n) is 11.5. The molecule has 0 fully saturated rings. The van der Waals surface area contributed by atoms with Crippen molar-refractivity contribution in [2.45, 2.75) is 26.3 Å². The lowest BCUT2D eigenvalue weighted by atomic mass is 10.1. The number of halogens is 3. The van der Waals surface area contributed by atoms with Gasteiger partial charge in [0.25, 0.3) is 0 Å². The monoisotopic (exact) mass is 375 g/mol. The fourth-order valence-electron chi connectivity index (χ4n) is 2.03. The van der Waals surface area contributed by atoms with Crippen molar-refractivity contribution in [2.75, 3.05) is 5.32 Å². The van der Waals surface area contributed by atoms with E-state index in [1.165, 1.54) is 0 Å². The van der Waals surface area contributed by atoms with Crippen LogP contribution in [0.5, 0.6) is 0 Å². The highest BCUT2D eigenvalue weighted by Gasteiger charge is 2.13. The molecule has 1 aromatic heterocycles. The maximum absolute atomic E-state index is 6.23. The summed E-state index contributed by atoms with van der Waals surface area (Å²) in [6.45, 7) is 4.93. The summed E-state index contributed by atoms with van der Waals surface area (Å²) in [5.74, 6) is 0.386. The van der Waals surface area contributed by atoms with Crippen LogP contribution in [0.4, 0.5) is 5.69 Å². The first-order chi connectivity index (χ1) is 9.40. The number of anilines is 1. The minimum absolute atomic E-state index is 0.386. The van der Waals surface area contributed by atoms with E-state index in [0.717, 1.165) is 21.4 Å². The zero-order valence-corrected chi connectivity index (χ0v) is 14.6. The SMILES string of the molecule is CC(C)c1nn(C)cc1CNc1ccc(Br)c(Cl)c1Cl. The number of benzene rings is 1. The summed E-state index contributed by atoms with van der Waals surface area (Å²) in [4.78, 5) is 0. The first-order valence-corrected chi connectivity index (χ1v) is 7.84. The molecule has 0 aliphatic rings. The predicted octanol–water partition coefficient (Wildman–Crippen LogP) is 5.22. The first-order valence-electron chi connectivity index (χ1n) is 6.30. The molecule has 1 heterocycles. The van der Waals surface area contributed by atoms with E-state index in [1.54, 1.807) is 0 Å². The largest absolute Gasteiger partial charge is 0.380 e. The van der Waals surface area contributed by atoms with Crippen LogP contribution in [-0.2, 0) is 13.6 Å². The molecule has 1 N–H and O–H groups in total. The molecule has 6 heteroatoms. The smallest absolute Gasteiger partial charge is 0.0835 e. The summed E-state index contributed by atoms with van der Waals surface area (Å²) < 4.78 is 2.63. The van der Waals surface area contributed by atoms with E-state index < -0.39 is 0 Å². The number of aryl methyl sites for hydroxylation is 1. The summed E-state index contributed by atoms with van der Waals surface area (Å²) in [6.07, 6.45) is 2.02. The van der Waals surface area contributed by atoms with Gasteiger partial charge in [0, 0.05) is 29.8 Å². The van der Waals surface area contributed by atoms with Crippen LogP contribution in [-0.4, -0.2) is 9.78 Å². The van der Waals surface area contributed by atoms with Crippen LogP contribution in [0.3, 0.4) is 0 Å². The Morgan fingerprint density at radius 2 is 2.00 bits per heavy atom. The predicted molar refractivity (Wildman–Crippen MR) is 88.8 cm³/mol. The Morgan fingerprint density at radius 3 is 2.65 bits per heavy atom. The first kappa shape index (κ1) is 15.7. The van der Waals surface area contributed by atoms with Gasteiger partial charge in [-0.25, -0.2) is 0 Å². The summed E-state index contributed by atoms with van der Waals surface area (Å²) in [7, 11) is 1.93. The third-order valence-electron chi connectivity index (χ3n) is 2.99. The number of aromatic nitrogens is 2. The van der Waals surface area contributed by atoms with Crippen molar-refractivity contribution < 1.29 is 0 Å². The maximum atomic E-state index is 6.23. The van der Waals surface area contributed by atoms with Gasteiger partial charge in [0.2, 0.25) is 0 Å². The van der Waals surface area contributed by atoms with Gasteiger partial charge >= 0.3 is 0 Å². The summed E-state index contributed by atoms with van der Waals surface area (Å²) in [5, 5.41) is 8.85. The van der Waals surface area contributed by atoms with E-state index in [1.807, 2.05) is 30.1 Å². The highest BCUT2D eigenvalue weighted by Crippen LogP contribution is 2.36. The standard InChI is InChI=1S/C14H16BrCl2N3/c1-8(2)14-9(7-20(3)19-14)6-18-11-5-4-10(15)12(16)13(11)17/h4-5,7-8,18H,6H2,1-3H3. The van der Waals surface area contributed by atoms with Crippen molar-refractivity contribution >= 4 is 44.8 Å². The van der Waals surface area contributed by atoms with E-state index >= 15 is 0 Å². The minimum Gasteiger partial charge on any atom is -0.380 e. The van der Waals surface area contributed by atoms with Gasteiger partial charge in [0.15, 0.2) is 0 Å². The Labute approximate surface area is 137 Å². The van der Waals surface area contributed by atoms with Gasteiger partial charge < -0.3 is 5.32 Å². The fourth-order valence-corrected chi connectivity index (χ4v) is 2.87. The number of hydrogen-bond acceptors (Lipinski definition) is 2. The molecular formula is C14H16BrCl2N3. The van der Waals surface area contributed by atoms with Gasteiger partial charge in [-0.15, -0.1) is 0 Å². The van der Waals surface area contributed by atoms with Crippen LogP contribution in [0.15, 0.2) is 22.8 Å². The molecule has 0 spiro atoms. The molecule has 3 nitrogen and oxygen atoms in total. The molecule has 108 valence electrons. The number of hydrogen-bond donors (Lipinski definition) is 1. The highest BCUT2D eigenvalue weighted by atomic mass is 79.9. The summed E-state index contributed by atoms with van der Waals surface area (Å²) in [6, 6.07) is 3.78. The lowest BCUT2D eigenvalue weighted by Crippen LogP contribution is -2.03. The van der Waals surface area contributed by atoms with E-state index in [-0.39, 0.29) is 0 Å². The average Bonchev–Trinajstić information content (AvgIpc) is 2.77. The molecule has 0 unspecified atom stereocenters. The van der Waals surface area contributed by atoms with Crippen LogP contribution < -0.4 is 5.32 Å². The van der Waals surface area contributed by atoms with Crippen molar-refractivity contribution in [1.29, 1.82) is 0 Å². The van der Waals surface area contributed by atoms with Crippen molar-refractivity contribution in [3.8, 4) is 0 Å². The molecule has 2 rings (SSSR count). The second-order valence-electron chi connectivity index (χ2n) is 4.94. The second kappa shape index (κ2) is 6.37. The van der Waals surface area contributed by atoms with Crippen LogP contribution >= 0.6 is 39.1 Å². The molecule has 0 saturated heterocycles. The lowest BCUT2D eigenvalue weighted by Gasteiger charge is -2.11. The van der Waals surface area contributed by atoms with Crippen molar-refractivity contribution in [1.82, 2.24) is 9.78 Å². The molecule has 1 aromatic carbocycles. The van der Waals surface area contributed by atoms with Gasteiger partial charge in [-0.3, -0.25) is 4.68 Å². The minimum atomic E-state index is 0.386. The van der Waals surface area contributed by atoms with Crippen LogP contribution in [0.2, 0.25) is 10.0 Å². The molecule has 0 amide bonds. The quantitative estimate of drug-likeness (QED) is 0.740. The summed E-state index contributed by atoms with van der Waals surface area (Å²) in [5.41, 5.74) is 3.08. The molecule has 0 saturated carbocycles. The van der Waals surface area contributed by atoms with Crippen LogP contribution in [0.25, 0.3) is 0 Å². The Hall–Kier alpha value is -0.710. The summed E-state index contributed by atoms with van der Waals surface area (Å²) >= 11 is 15.7. The maximum Gasteiger partial charge on any atom is 0.0835 e. The van der Waals surface area contributed by atoms with Crippen molar-refractivity contribution in [3.05, 3.63) is 44.1 Å². The molecular weight excluding hydrogens is 361 g/mol. The molecule has 0 bridgehead atoms. The second-order valence-corrected chi connectivity index (χ2v) is 6.55. The van der Waals surface area contributed by atoms with E-state index in [0.29, 0.717) is 22.5 Å². The third-order valence-corrected chi connectivity index (χ3v) is 4.76. The number of rotatable bonds is 4. The Kier molecular flexibility index (Phi) is 4.99. The number of nitrogens with one attached hydrogen (secondary N) is 1. The van der Waals surface area contributed by atoms with Gasteiger partial charge in [0.1, 0.15) is 0 Å². The van der Waals surface area contributed by atoms with Crippen molar-refractivity contribution in [2.24, 2.45) is 7.05 Å². The molecule has 0 aliphatic heterocycles. The van der Waals surface area contributed by atoms with E-state index in [2.05, 4.69) is 40.2 Å². The molecule has 0 radical (unpaired) electrons. The lowest BCUT2D eigenvalue weighted by molar-refractivity contribution is 0.712. The van der Waals surface area contributed by atoms with Crippen molar-refractivity contribution in [3.63, 3.8) is 0 Å². The topological polar surface area (TPSA) is 29.9 Å². The molecule has 0 atom stereocenters. The normalized spacial score (nSPS) is 11.2. The van der Waals surface area contributed by atoms with E-state index in [9.17, 15) is 0 Å². The molecule has 2 aromatic rings.